The predicted molar refractivity (Wildman–Crippen MR) is 119 cm³/mol. The Balaban J connectivity index is 1.73. The number of hydrogen-bond acceptors (Lipinski definition) is 8. The summed E-state index contributed by atoms with van der Waals surface area (Å²) in [6, 6.07) is 5.24. The fourth-order valence-corrected chi connectivity index (χ4v) is 4.52. The molecule has 0 fully saturated rings. The third-order valence-corrected chi connectivity index (χ3v) is 6.17. The van der Waals surface area contributed by atoms with Gasteiger partial charge in [-0.2, -0.15) is 5.10 Å². The molecule has 4 aromatic heterocycles. The van der Waals surface area contributed by atoms with Gasteiger partial charge in [0, 0.05) is 10.7 Å². The Labute approximate surface area is 182 Å². The Morgan fingerprint density at radius 2 is 2.20 bits per heavy atom. The van der Waals surface area contributed by atoms with E-state index in [0.29, 0.717) is 44.6 Å². The number of thiazole rings is 1. The molecule has 4 heterocycles. The van der Waals surface area contributed by atoms with Crippen LogP contribution in [0.4, 0.5) is 5.82 Å². The summed E-state index contributed by atoms with van der Waals surface area (Å²) in [7, 11) is 0. The fraction of sp³-hybridized carbons (Fsp3) is 0.158. The molecule has 1 atom stereocenters. The zero-order valence-electron chi connectivity index (χ0n) is 15.7. The van der Waals surface area contributed by atoms with E-state index in [-0.39, 0.29) is 11.6 Å². The monoisotopic (exact) mass is 482 g/mol. The highest BCUT2D eigenvalue weighted by Gasteiger charge is 2.23. The maximum atomic E-state index is 13.5. The van der Waals surface area contributed by atoms with Crippen LogP contribution in [0.2, 0.25) is 0 Å². The lowest BCUT2D eigenvalue weighted by atomic mass is 10.1. The summed E-state index contributed by atoms with van der Waals surface area (Å²) in [4.78, 5) is 32.1. The summed E-state index contributed by atoms with van der Waals surface area (Å²) in [5, 5.41) is 10.7. The normalized spacial score (nSPS) is 12.5. The van der Waals surface area contributed by atoms with Crippen molar-refractivity contribution in [3.05, 3.63) is 63.1 Å². The number of H-pyrrole nitrogens is 1. The van der Waals surface area contributed by atoms with Gasteiger partial charge in [0.1, 0.15) is 22.5 Å². The van der Waals surface area contributed by atoms with Crippen LogP contribution in [0.3, 0.4) is 0 Å². The summed E-state index contributed by atoms with van der Waals surface area (Å²) in [6.45, 7) is 2.02. The second-order valence-electron chi connectivity index (χ2n) is 6.53. The number of halogens is 1. The Bertz CT molecular complexity index is 1410. The molecule has 0 saturated carbocycles. The van der Waals surface area contributed by atoms with Crippen LogP contribution in [0.25, 0.3) is 26.9 Å². The van der Waals surface area contributed by atoms with Crippen LogP contribution in [-0.4, -0.2) is 34.7 Å². The molecular weight excluding hydrogens is 468 g/mol. The second-order valence-corrected chi connectivity index (χ2v) is 8.22. The maximum Gasteiger partial charge on any atom is 0.267 e. The predicted octanol–water partition coefficient (Wildman–Crippen LogP) is 3.83. The molecule has 30 heavy (non-hydrogen) atoms. The highest BCUT2D eigenvalue weighted by atomic mass is 79.9. The smallest absolute Gasteiger partial charge is 0.267 e. The fourth-order valence-electron chi connectivity index (χ4n) is 3.37. The maximum absolute atomic E-state index is 13.5. The van der Waals surface area contributed by atoms with Gasteiger partial charge in [0.25, 0.3) is 5.56 Å². The van der Waals surface area contributed by atoms with E-state index in [1.165, 1.54) is 17.7 Å². The number of hydrogen-bond donors (Lipinski definition) is 2. The lowest BCUT2D eigenvalue weighted by Crippen LogP contribution is -2.28. The molecule has 0 aliphatic rings. The third-order valence-electron chi connectivity index (χ3n) is 4.78. The number of aromatic amines is 1. The van der Waals surface area contributed by atoms with Gasteiger partial charge >= 0.3 is 0 Å². The molecule has 0 aliphatic heterocycles. The van der Waals surface area contributed by atoms with Crippen molar-refractivity contribution < 1.29 is 0 Å². The van der Waals surface area contributed by atoms with Crippen LogP contribution in [0.15, 0.2) is 51.7 Å². The Morgan fingerprint density at radius 1 is 1.30 bits per heavy atom. The van der Waals surface area contributed by atoms with Crippen molar-refractivity contribution in [2.45, 2.75) is 19.4 Å². The highest BCUT2D eigenvalue weighted by molar-refractivity contribution is 9.10. The molecule has 11 heteroatoms. The zero-order chi connectivity index (χ0) is 20.7. The number of fused-ring (bicyclic) bond motifs is 2. The van der Waals surface area contributed by atoms with Crippen LogP contribution in [-0.2, 0) is 0 Å². The lowest BCUT2D eigenvalue weighted by Gasteiger charge is -2.21. The first-order chi connectivity index (χ1) is 14.7. The Kier molecular flexibility index (Phi) is 4.75. The van der Waals surface area contributed by atoms with E-state index < -0.39 is 0 Å². The first-order valence-electron chi connectivity index (χ1n) is 9.18. The van der Waals surface area contributed by atoms with E-state index in [1.807, 2.05) is 25.1 Å². The topological polar surface area (TPSA) is 114 Å². The summed E-state index contributed by atoms with van der Waals surface area (Å²) in [6.07, 6.45) is 5.44. The van der Waals surface area contributed by atoms with Crippen LogP contribution >= 0.6 is 27.3 Å². The molecule has 0 radical (unpaired) electrons. The van der Waals surface area contributed by atoms with Crippen molar-refractivity contribution in [3.8, 4) is 5.69 Å². The average Bonchev–Trinajstić information content (AvgIpc) is 3.44. The second kappa shape index (κ2) is 7.58. The van der Waals surface area contributed by atoms with Crippen molar-refractivity contribution in [2.75, 3.05) is 5.32 Å². The van der Waals surface area contributed by atoms with Gasteiger partial charge in [0.05, 0.1) is 34.3 Å². The molecule has 5 rings (SSSR count). The summed E-state index contributed by atoms with van der Waals surface area (Å²) >= 11 is 4.93. The average molecular weight is 483 g/mol. The Morgan fingerprint density at radius 3 is 3.00 bits per heavy atom. The number of benzene rings is 1. The first kappa shape index (κ1) is 18.8. The van der Waals surface area contributed by atoms with Crippen LogP contribution in [0.1, 0.15) is 25.2 Å². The minimum Gasteiger partial charge on any atom is -0.358 e. The van der Waals surface area contributed by atoms with Gasteiger partial charge in [-0.05, 0) is 34.5 Å². The molecule has 0 saturated heterocycles. The van der Waals surface area contributed by atoms with Gasteiger partial charge in [-0.3, -0.25) is 14.5 Å². The first-order valence-corrected chi connectivity index (χ1v) is 10.9. The molecule has 0 aliphatic carbocycles. The van der Waals surface area contributed by atoms with Crippen LogP contribution < -0.4 is 10.9 Å². The summed E-state index contributed by atoms with van der Waals surface area (Å²) in [5.74, 6) is 1.17. The third kappa shape index (κ3) is 3.06. The van der Waals surface area contributed by atoms with E-state index in [0.717, 1.165) is 4.83 Å². The highest BCUT2D eigenvalue weighted by Crippen LogP contribution is 2.28. The van der Waals surface area contributed by atoms with Crippen molar-refractivity contribution >= 4 is 54.3 Å². The number of anilines is 1. The number of rotatable bonds is 5. The SMILES string of the molecule is CC[C@H](Nc1ncnc2scnc12)c1nc2cccc(Br)c2c(=O)n1-c1cn[nH]c1. The van der Waals surface area contributed by atoms with Gasteiger partial charge in [-0.25, -0.2) is 19.9 Å². The van der Waals surface area contributed by atoms with Gasteiger partial charge < -0.3 is 5.32 Å². The molecule has 2 N–H and O–H groups in total. The summed E-state index contributed by atoms with van der Waals surface area (Å²) in [5.41, 5.74) is 3.48. The van der Waals surface area contributed by atoms with Gasteiger partial charge in [0.15, 0.2) is 5.82 Å². The standard InChI is InChI=1S/C19H15BrN8OS/c1-2-12(26-16-15-18(22-8-21-16)30-9-23-15)17-27-13-5-3-4-11(20)14(13)19(29)28(17)10-6-24-25-7-10/h3-9,12H,2H2,1H3,(H,24,25)(H,21,22,26)/t12-/m0/s1. The molecular formula is C19H15BrN8OS. The molecule has 5 aromatic rings. The van der Waals surface area contributed by atoms with E-state index in [2.05, 4.69) is 46.4 Å². The number of nitrogens with one attached hydrogen (secondary N) is 2. The molecule has 0 unspecified atom stereocenters. The van der Waals surface area contributed by atoms with Gasteiger partial charge in [-0.1, -0.05) is 13.0 Å². The van der Waals surface area contributed by atoms with Crippen molar-refractivity contribution in [1.29, 1.82) is 0 Å². The van der Waals surface area contributed by atoms with E-state index in [9.17, 15) is 4.79 Å². The van der Waals surface area contributed by atoms with Crippen molar-refractivity contribution in [3.63, 3.8) is 0 Å². The molecule has 1 aromatic carbocycles. The van der Waals surface area contributed by atoms with Crippen molar-refractivity contribution in [2.24, 2.45) is 0 Å². The largest absolute Gasteiger partial charge is 0.358 e. The van der Waals surface area contributed by atoms with Gasteiger partial charge in [-0.15, -0.1) is 11.3 Å². The molecule has 0 bridgehead atoms. The zero-order valence-corrected chi connectivity index (χ0v) is 18.1. The van der Waals surface area contributed by atoms with Crippen LogP contribution in [0.5, 0.6) is 0 Å². The van der Waals surface area contributed by atoms with Gasteiger partial charge in [0.2, 0.25) is 0 Å². The van der Waals surface area contributed by atoms with Crippen LogP contribution in [0, 0.1) is 0 Å². The summed E-state index contributed by atoms with van der Waals surface area (Å²) < 4.78 is 2.28. The lowest BCUT2D eigenvalue weighted by molar-refractivity contribution is 0.659. The number of aromatic nitrogens is 7. The molecule has 150 valence electrons. The minimum absolute atomic E-state index is 0.175. The molecule has 0 amide bonds. The van der Waals surface area contributed by atoms with E-state index >= 15 is 0 Å². The van der Waals surface area contributed by atoms with E-state index in [1.54, 1.807) is 22.5 Å². The Hall–Kier alpha value is -3.18. The molecule has 0 spiro atoms. The minimum atomic E-state index is -0.296. The number of nitrogens with zero attached hydrogens (tertiary/aromatic N) is 6. The van der Waals surface area contributed by atoms with E-state index in [4.69, 9.17) is 4.98 Å². The molecule has 9 nitrogen and oxygen atoms in total. The quantitative estimate of drug-likeness (QED) is 0.391. The van der Waals surface area contributed by atoms with Crippen molar-refractivity contribution in [1.82, 2.24) is 34.7 Å².